The molecule has 56 heavy (non-hydrogen) atoms. The highest BCUT2D eigenvalue weighted by molar-refractivity contribution is 5.95. The average molecular weight is 767 g/mol. The molecule has 0 aliphatic rings. The lowest BCUT2D eigenvalue weighted by Gasteiger charge is -2.28. The van der Waals surface area contributed by atoms with Gasteiger partial charge in [-0.25, -0.2) is 4.79 Å². The maximum Gasteiger partial charge on any atom is 0.312 e. The Kier molecular flexibility index (Phi) is 16.4. The van der Waals surface area contributed by atoms with Crippen LogP contribution < -0.4 is 32.3 Å². The highest BCUT2D eigenvalue weighted by Gasteiger charge is 2.31. The summed E-state index contributed by atoms with van der Waals surface area (Å²) >= 11 is 0. The van der Waals surface area contributed by atoms with Crippen LogP contribution in [0.1, 0.15) is 61.8 Å². The summed E-state index contributed by atoms with van der Waals surface area (Å²) in [6, 6.07) is 20.8. The van der Waals surface area contributed by atoms with E-state index in [0.717, 1.165) is 39.6 Å². The molecule has 4 aromatic rings. The zero-order valence-corrected chi connectivity index (χ0v) is 32.4. The predicted octanol–water partition coefficient (Wildman–Crippen LogP) is 3.13. The third-order valence-electron chi connectivity index (χ3n) is 9.33. The van der Waals surface area contributed by atoms with Crippen LogP contribution in [0.25, 0.3) is 10.9 Å². The van der Waals surface area contributed by atoms with Crippen LogP contribution in [0.4, 0.5) is 4.79 Å². The van der Waals surface area contributed by atoms with E-state index in [2.05, 4.69) is 31.6 Å². The van der Waals surface area contributed by atoms with E-state index in [1.165, 1.54) is 11.8 Å². The van der Waals surface area contributed by atoms with Gasteiger partial charge in [0.2, 0.25) is 29.5 Å². The first-order valence-electron chi connectivity index (χ1n) is 19.0. The van der Waals surface area contributed by atoms with Crippen molar-refractivity contribution < 1.29 is 28.8 Å². The third kappa shape index (κ3) is 13.6. The summed E-state index contributed by atoms with van der Waals surface area (Å²) in [7, 11) is 0. The fraction of sp³-hybridized carbons (Fsp3) is 0.381. The second kappa shape index (κ2) is 21.6. The second-order valence-electron chi connectivity index (χ2n) is 13.9. The number of nitrogens with zero attached hydrogens (tertiary/aromatic N) is 1. The lowest BCUT2D eigenvalue weighted by molar-refractivity contribution is -0.140. The standard InChI is InChI=1S/C42H54N8O6/c1-4-5-22-50(41(55)37(47-29(3)51)23-30-12-7-6-8-13-30)27-38(52)48-36(24-32-26-45-34-15-10-9-14-33(32)34)40(54)49-35(16-11-21-44-42(43)56)39(53)46-25-31-19-17-28(2)18-20-31/h6-10,12-15,17-20,26,35-37,45H,4-5,11,16,21-25,27H2,1-3H3,(H,46,53)(H,47,51)(H,48,52)(H,49,54)(H3,43,44,56)/t35-,36-,37-/m0/s1. The number of unbranched alkanes of at least 4 members (excludes halogenated alkanes) is 1. The fourth-order valence-electron chi connectivity index (χ4n) is 6.35. The largest absolute Gasteiger partial charge is 0.361 e. The lowest BCUT2D eigenvalue weighted by Crippen LogP contribution is -2.56. The molecule has 7 amide bonds. The van der Waals surface area contributed by atoms with Gasteiger partial charge in [0.15, 0.2) is 0 Å². The minimum absolute atomic E-state index is 0.0773. The van der Waals surface area contributed by atoms with Crippen molar-refractivity contribution in [1.82, 2.24) is 36.5 Å². The summed E-state index contributed by atoms with van der Waals surface area (Å²) in [6.07, 6.45) is 3.95. The van der Waals surface area contributed by atoms with Crippen molar-refractivity contribution in [2.24, 2.45) is 5.73 Å². The average Bonchev–Trinajstić information content (AvgIpc) is 3.59. The zero-order chi connectivity index (χ0) is 40.5. The minimum atomic E-state index is -1.14. The molecule has 1 aromatic heterocycles. The molecule has 0 saturated carbocycles. The molecule has 3 aromatic carbocycles. The van der Waals surface area contributed by atoms with Crippen LogP contribution in [-0.2, 0) is 43.4 Å². The predicted molar refractivity (Wildman–Crippen MR) is 215 cm³/mol. The number of rotatable bonds is 21. The Hall–Kier alpha value is -6.18. The Bertz CT molecular complexity index is 1930. The van der Waals surface area contributed by atoms with Crippen molar-refractivity contribution in [1.29, 1.82) is 0 Å². The number of fused-ring (bicyclic) bond motifs is 1. The molecular formula is C42H54N8O6. The number of carbonyl (C=O) groups is 6. The Labute approximate surface area is 327 Å². The number of H-pyrrole nitrogens is 1. The van der Waals surface area contributed by atoms with Crippen LogP contribution >= 0.6 is 0 Å². The first-order chi connectivity index (χ1) is 26.9. The van der Waals surface area contributed by atoms with Gasteiger partial charge in [-0.3, -0.25) is 24.0 Å². The van der Waals surface area contributed by atoms with E-state index < -0.39 is 47.8 Å². The third-order valence-corrected chi connectivity index (χ3v) is 9.33. The SMILES string of the molecule is CCCCN(CC(=O)N[C@@H](Cc1c[nH]c2ccccc12)C(=O)N[C@@H](CCCNC(N)=O)C(=O)NCc1ccc(C)cc1)C(=O)[C@H](Cc1ccccc1)NC(C)=O. The fourth-order valence-corrected chi connectivity index (χ4v) is 6.35. The van der Waals surface area contributed by atoms with Crippen molar-refractivity contribution in [3.05, 3.63) is 107 Å². The number of aromatic nitrogens is 1. The number of primary amides is 1. The number of aromatic amines is 1. The number of hydrogen-bond acceptors (Lipinski definition) is 6. The van der Waals surface area contributed by atoms with Gasteiger partial charge in [-0.1, -0.05) is 91.7 Å². The number of para-hydroxylation sites is 1. The molecule has 0 aliphatic carbocycles. The van der Waals surface area contributed by atoms with Gasteiger partial charge in [-0.05, 0) is 48.9 Å². The highest BCUT2D eigenvalue weighted by atomic mass is 16.2. The lowest BCUT2D eigenvalue weighted by atomic mass is 10.0. The summed E-state index contributed by atoms with van der Waals surface area (Å²) in [5, 5.41) is 14.7. The molecule has 14 nitrogen and oxygen atoms in total. The van der Waals surface area contributed by atoms with Gasteiger partial charge < -0.3 is 42.2 Å². The summed E-state index contributed by atoms with van der Waals surface area (Å²) < 4.78 is 0. The van der Waals surface area contributed by atoms with Crippen LogP contribution in [0.2, 0.25) is 0 Å². The van der Waals surface area contributed by atoms with E-state index in [1.807, 2.05) is 92.7 Å². The number of amides is 7. The molecule has 0 spiro atoms. The molecule has 8 N–H and O–H groups in total. The summed E-state index contributed by atoms with van der Waals surface area (Å²) in [5.74, 6) is -2.41. The topological polar surface area (TPSA) is 208 Å². The number of hydrogen-bond donors (Lipinski definition) is 7. The van der Waals surface area contributed by atoms with Crippen molar-refractivity contribution in [2.45, 2.75) is 84.0 Å². The van der Waals surface area contributed by atoms with Gasteiger partial charge >= 0.3 is 6.03 Å². The normalized spacial score (nSPS) is 12.5. The van der Waals surface area contributed by atoms with Crippen LogP contribution in [0, 0.1) is 6.92 Å². The van der Waals surface area contributed by atoms with Crippen molar-refractivity contribution in [2.75, 3.05) is 19.6 Å². The number of nitrogens with one attached hydrogen (secondary N) is 6. The van der Waals surface area contributed by atoms with Crippen LogP contribution in [0.3, 0.4) is 0 Å². The molecule has 3 atom stereocenters. The molecule has 0 fully saturated rings. The Balaban J connectivity index is 1.56. The molecule has 0 aliphatic heterocycles. The molecule has 1 heterocycles. The molecule has 0 unspecified atom stereocenters. The first-order valence-corrected chi connectivity index (χ1v) is 19.0. The van der Waals surface area contributed by atoms with E-state index >= 15 is 0 Å². The minimum Gasteiger partial charge on any atom is -0.361 e. The number of urea groups is 1. The van der Waals surface area contributed by atoms with Gasteiger partial charge in [0.05, 0.1) is 6.54 Å². The quantitative estimate of drug-likeness (QED) is 0.0634. The van der Waals surface area contributed by atoms with E-state index in [4.69, 9.17) is 5.73 Å². The van der Waals surface area contributed by atoms with Gasteiger partial charge in [0, 0.05) is 56.5 Å². The maximum absolute atomic E-state index is 14.2. The van der Waals surface area contributed by atoms with Crippen molar-refractivity contribution in [3.8, 4) is 0 Å². The van der Waals surface area contributed by atoms with Gasteiger partial charge in [0.25, 0.3) is 0 Å². The smallest absolute Gasteiger partial charge is 0.312 e. The summed E-state index contributed by atoms with van der Waals surface area (Å²) in [4.78, 5) is 83.7. The van der Waals surface area contributed by atoms with E-state index in [9.17, 15) is 28.8 Å². The van der Waals surface area contributed by atoms with Crippen LogP contribution in [-0.4, -0.2) is 83.2 Å². The molecule has 14 heteroatoms. The first kappa shape index (κ1) is 42.6. The number of nitrogens with two attached hydrogens (primary N) is 1. The summed E-state index contributed by atoms with van der Waals surface area (Å²) in [5.41, 5.74) is 9.64. The van der Waals surface area contributed by atoms with E-state index in [-0.39, 0.29) is 51.3 Å². The Morgan fingerprint density at radius 3 is 2.16 bits per heavy atom. The van der Waals surface area contributed by atoms with E-state index in [1.54, 1.807) is 6.20 Å². The molecule has 4 rings (SSSR count). The molecule has 298 valence electrons. The van der Waals surface area contributed by atoms with Crippen molar-refractivity contribution in [3.63, 3.8) is 0 Å². The molecule has 0 radical (unpaired) electrons. The maximum atomic E-state index is 14.2. The van der Waals surface area contributed by atoms with Gasteiger partial charge in [-0.2, -0.15) is 0 Å². The Morgan fingerprint density at radius 2 is 1.46 bits per heavy atom. The van der Waals surface area contributed by atoms with Crippen LogP contribution in [0.15, 0.2) is 85.1 Å². The number of carbonyl (C=O) groups excluding carboxylic acids is 6. The van der Waals surface area contributed by atoms with Crippen LogP contribution in [0.5, 0.6) is 0 Å². The van der Waals surface area contributed by atoms with E-state index in [0.29, 0.717) is 12.8 Å². The summed E-state index contributed by atoms with van der Waals surface area (Å²) in [6.45, 7) is 5.59. The highest BCUT2D eigenvalue weighted by Crippen LogP contribution is 2.19. The van der Waals surface area contributed by atoms with Gasteiger partial charge in [-0.15, -0.1) is 0 Å². The molecular weight excluding hydrogens is 713 g/mol. The van der Waals surface area contributed by atoms with Crippen molar-refractivity contribution >= 4 is 46.5 Å². The molecule has 0 saturated heterocycles. The monoisotopic (exact) mass is 766 g/mol. The number of benzene rings is 3. The zero-order valence-electron chi connectivity index (χ0n) is 32.4. The second-order valence-corrected chi connectivity index (χ2v) is 13.9. The van der Waals surface area contributed by atoms with Gasteiger partial charge in [0.1, 0.15) is 18.1 Å². The number of aryl methyl sites for hydroxylation is 1. The molecule has 0 bridgehead atoms. The Morgan fingerprint density at radius 1 is 0.750 bits per heavy atom.